The Morgan fingerprint density at radius 1 is 0.806 bits per heavy atom. The number of amides is 1. The van der Waals surface area contributed by atoms with Crippen LogP contribution in [0.15, 0.2) is 48.5 Å². The summed E-state index contributed by atoms with van der Waals surface area (Å²) >= 11 is 0. The molecular formula is C32H47N3O. The lowest BCUT2D eigenvalue weighted by atomic mass is 10.1. The molecule has 0 saturated heterocycles. The predicted octanol–water partition coefficient (Wildman–Crippen LogP) is 8.41. The van der Waals surface area contributed by atoms with E-state index in [1.807, 2.05) is 31.2 Å². The number of unbranched alkanes of at least 4 members (excludes halogenated alkanes) is 11. The fourth-order valence-corrected chi connectivity index (χ4v) is 5.00. The highest BCUT2D eigenvalue weighted by Gasteiger charge is 2.10. The molecule has 1 N–H and O–H groups in total. The van der Waals surface area contributed by atoms with Gasteiger partial charge in [-0.1, -0.05) is 101 Å². The minimum atomic E-state index is 0.0250. The molecule has 196 valence electrons. The lowest BCUT2D eigenvalue weighted by molar-refractivity contribution is 0.0953. The Kier molecular flexibility index (Phi) is 12.6. The van der Waals surface area contributed by atoms with Crippen LogP contribution in [0.5, 0.6) is 0 Å². The van der Waals surface area contributed by atoms with Crippen molar-refractivity contribution in [1.29, 1.82) is 0 Å². The summed E-state index contributed by atoms with van der Waals surface area (Å²) in [6, 6.07) is 16.3. The number of hydrogen-bond acceptors (Lipinski definition) is 2. The molecule has 4 nitrogen and oxygen atoms in total. The number of nitrogens with zero attached hydrogens (tertiary/aromatic N) is 2. The average Bonchev–Trinajstić information content (AvgIpc) is 3.24. The van der Waals surface area contributed by atoms with Crippen molar-refractivity contribution in [2.45, 2.75) is 110 Å². The monoisotopic (exact) mass is 489 g/mol. The summed E-state index contributed by atoms with van der Waals surface area (Å²) < 4.78 is 2.46. The SMILES string of the molecule is CCCCCCCCCCCCn1c(CCCCCNC(=O)c2cccc(C)c2)nc2ccccc21. The summed E-state index contributed by atoms with van der Waals surface area (Å²) in [6.45, 7) is 6.09. The lowest BCUT2D eigenvalue weighted by Gasteiger charge is -2.10. The molecule has 0 fully saturated rings. The third-order valence-electron chi connectivity index (χ3n) is 7.11. The van der Waals surface area contributed by atoms with Crippen molar-refractivity contribution in [3.8, 4) is 0 Å². The second kappa shape index (κ2) is 16.2. The van der Waals surface area contributed by atoms with Crippen LogP contribution in [0.2, 0.25) is 0 Å². The van der Waals surface area contributed by atoms with Gasteiger partial charge >= 0.3 is 0 Å². The van der Waals surface area contributed by atoms with Crippen LogP contribution in [0.25, 0.3) is 11.0 Å². The Balaban J connectivity index is 1.36. The van der Waals surface area contributed by atoms with Crippen LogP contribution in [0, 0.1) is 6.92 Å². The molecule has 0 aliphatic rings. The molecule has 2 aromatic carbocycles. The van der Waals surface area contributed by atoms with E-state index < -0.39 is 0 Å². The molecule has 0 unspecified atom stereocenters. The number of aromatic nitrogens is 2. The molecule has 0 bridgehead atoms. The minimum absolute atomic E-state index is 0.0250. The van der Waals surface area contributed by atoms with Crippen molar-refractivity contribution in [3.05, 3.63) is 65.5 Å². The summed E-state index contributed by atoms with van der Waals surface area (Å²) in [5.74, 6) is 1.24. The van der Waals surface area contributed by atoms with Crippen LogP contribution in [-0.2, 0) is 13.0 Å². The third kappa shape index (κ3) is 9.44. The maximum atomic E-state index is 12.3. The first-order valence-corrected chi connectivity index (χ1v) is 14.5. The second-order valence-electron chi connectivity index (χ2n) is 10.3. The molecule has 36 heavy (non-hydrogen) atoms. The van der Waals surface area contributed by atoms with E-state index in [0.29, 0.717) is 0 Å². The molecule has 0 aliphatic heterocycles. The summed E-state index contributed by atoms with van der Waals surface area (Å²) in [5, 5.41) is 3.06. The van der Waals surface area contributed by atoms with Gasteiger partial charge in [0.15, 0.2) is 0 Å². The zero-order valence-corrected chi connectivity index (χ0v) is 22.7. The fourth-order valence-electron chi connectivity index (χ4n) is 5.00. The van der Waals surface area contributed by atoms with E-state index in [2.05, 4.69) is 41.1 Å². The molecule has 0 saturated carbocycles. The largest absolute Gasteiger partial charge is 0.352 e. The highest BCUT2D eigenvalue weighted by atomic mass is 16.1. The van der Waals surface area contributed by atoms with Crippen molar-refractivity contribution < 1.29 is 4.79 Å². The van der Waals surface area contributed by atoms with Crippen LogP contribution in [0.4, 0.5) is 0 Å². The zero-order chi connectivity index (χ0) is 25.4. The number of rotatable bonds is 18. The molecule has 0 radical (unpaired) electrons. The number of benzene rings is 2. The highest BCUT2D eigenvalue weighted by Crippen LogP contribution is 2.19. The number of carbonyl (C=O) groups is 1. The smallest absolute Gasteiger partial charge is 0.251 e. The minimum Gasteiger partial charge on any atom is -0.352 e. The summed E-state index contributed by atoms with van der Waals surface area (Å²) in [5.41, 5.74) is 4.25. The van der Waals surface area contributed by atoms with Crippen molar-refractivity contribution >= 4 is 16.9 Å². The molecule has 0 spiro atoms. The van der Waals surface area contributed by atoms with Crippen LogP contribution in [0.3, 0.4) is 0 Å². The van der Waals surface area contributed by atoms with E-state index in [1.165, 1.54) is 75.5 Å². The van der Waals surface area contributed by atoms with Crippen molar-refractivity contribution in [1.82, 2.24) is 14.9 Å². The molecule has 0 atom stereocenters. The highest BCUT2D eigenvalue weighted by molar-refractivity contribution is 5.94. The van der Waals surface area contributed by atoms with Crippen LogP contribution < -0.4 is 5.32 Å². The molecule has 4 heteroatoms. The summed E-state index contributed by atoms with van der Waals surface area (Å²) in [7, 11) is 0. The van der Waals surface area contributed by atoms with Gasteiger partial charge in [0.1, 0.15) is 5.82 Å². The molecule has 1 heterocycles. The Morgan fingerprint density at radius 3 is 2.25 bits per heavy atom. The van der Waals surface area contributed by atoms with Gasteiger partial charge in [-0.25, -0.2) is 4.98 Å². The maximum Gasteiger partial charge on any atom is 0.251 e. The molecule has 3 rings (SSSR count). The van der Waals surface area contributed by atoms with Crippen LogP contribution in [-0.4, -0.2) is 22.0 Å². The Bertz CT molecular complexity index is 1040. The van der Waals surface area contributed by atoms with E-state index in [1.54, 1.807) is 0 Å². The fraction of sp³-hybridized carbons (Fsp3) is 0.562. The second-order valence-corrected chi connectivity index (χ2v) is 10.3. The van der Waals surface area contributed by atoms with E-state index >= 15 is 0 Å². The molecule has 0 aliphatic carbocycles. The van der Waals surface area contributed by atoms with E-state index in [-0.39, 0.29) is 5.91 Å². The molecule has 3 aromatic rings. The Labute approximate surface area is 218 Å². The van der Waals surface area contributed by atoms with E-state index in [9.17, 15) is 4.79 Å². The van der Waals surface area contributed by atoms with Crippen molar-refractivity contribution in [3.63, 3.8) is 0 Å². The topological polar surface area (TPSA) is 46.9 Å². The number of aryl methyl sites for hydroxylation is 3. The number of imidazole rings is 1. The first kappa shape index (κ1) is 28.0. The molecular weight excluding hydrogens is 442 g/mol. The van der Waals surface area contributed by atoms with Gasteiger partial charge in [0.05, 0.1) is 11.0 Å². The Hall–Kier alpha value is -2.62. The third-order valence-corrected chi connectivity index (χ3v) is 7.11. The van der Waals surface area contributed by atoms with Gasteiger partial charge in [0.2, 0.25) is 0 Å². The van der Waals surface area contributed by atoms with Crippen LogP contribution in [0.1, 0.15) is 112 Å². The predicted molar refractivity (Wildman–Crippen MR) is 153 cm³/mol. The average molecular weight is 490 g/mol. The van der Waals surface area contributed by atoms with Gasteiger partial charge in [0, 0.05) is 25.1 Å². The molecule has 1 amide bonds. The van der Waals surface area contributed by atoms with Gasteiger partial charge in [-0.15, -0.1) is 0 Å². The number of nitrogens with one attached hydrogen (secondary N) is 1. The summed E-state index contributed by atoms with van der Waals surface area (Å²) in [4.78, 5) is 17.3. The van der Waals surface area contributed by atoms with E-state index in [0.717, 1.165) is 55.4 Å². The number of carbonyl (C=O) groups excluding carboxylic acids is 1. The number of fused-ring (bicyclic) bond motifs is 1. The normalized spacial score (nSPS) is 11.3. The molecule has 1 aromatic heterocycles. The number of hydrogen-bond donors (Lipinski definition) is 1. The quantitative estimate of drug-likeness (QED) is 0.182. The summed E-state index contributed by atoms with van der Waals surface area (Å²) in [6.07, 6.45) is 17.8. The van der Waals surface area contributed by atoms with Gasteiger partial charge < -0.3 is 9.88 Å². The van der Waals surface area contributed by atoms with Gasteiger partial charge in [-0.05, 0) is 50.5 Å². The maximum absolute atomic E-state index is 12.3. The zero-order valence-electron chi connectivity index (χ0n) is 22.7. The van der Waals surface area contributed by atoms with Crippen LogP contribution >= 0.6 is 0 Å². The standard InChI is InChI=1S/C32H47N3O/c1-3-4-5-6-7-8-9-10-11-17-25-35-30-22-15-14-21-29(30)34-31(35)23-13-12-16-24-33-32(36)28-20-18-19-27(2)26-28/h14-15,18-22,26H,3-13,16-17,23-25H2,1-2H3,(H,33,36). The van der Waals surface area contributed by atoms with E-state index in [4.69, 9.17) is 4.98 Å². The van der Waals surface area contributed by atoms with Gasteiger partial charge in [-0.2, -0.15) is 0 Å². The van der Waals surface area contributed by atoms with Crippen molar-refractivity contribution in [2.75, 3.05) is 6.54 Å². The van der Waals surface area contributed by atoms with Gasteiger partial charge in [0.25, 0.3) is 5.91 Å². The number of para-hydroxylation sites is 2. The van der Waals surface area contributed by atoms with Crippen molar-refractivity contribution in [2.24, 2.45) is 0 Å². The first-order chi connectivity index (χ1) is 17.7. The first-order valence-electron chi connectivity index (χ1n) is 14.5. The Morgan fingerprint density at radius 2 is 1.50 bits per heavy atom. The lowest BCUT2D eigenvalue weighted by Crippen LogP contribution is -2.24. The van der Waals surface area contributed by atoms with Gasteiger partial charge in [-0.3, -0.25) is 4.79 Å².